The molecule has 20 heavy (non-hydrogen) atoms. The second-order valence-electron chi connectivity index (χ2n) is 5.73. The third-order valence-corrected chi connectivity index (χ3v) is 5.35. The maximum Gasteiger partial charge on any atom is 0.0400 e. The molecule has 0 bridgehead atoms. The minimum Gasteiger partial charge on any atom is -0.381 e. The van der Waals surface area contributed by atoms with E-state index < -0.39 is 0 Å². The smallest absolute Gasteiger partial charge is 0.0400 e. The van der Waals surface area contributed by atoms with E-state index in [2.05, 4.69) is 65.4 Å². The van der Waals surface area contributed by atoms with Crippen LogP contribution in [0.2, 0.25) is 0 Å². The molecule has 0 saturated carbocycles. The molecule has 0 unspecified atom stereocenters. The van der Waals surface area contributed by atoms with Crippen molar-refractivity contribution < 1.29 is 0 Å². The Balaban J connectivity index is 1.73. The zero-order valence-electron chi connectivity index (χ0n) is 12.1. The second kappa shape index (κ2) is 5.61. The van der Waals surface area contributed by atoms with E-state index in [1.165, 1.54) is 46.1 Å². The van der Waals surface area contributed by atoms with Crippen molar-refractivity contribution in [3.63, 3.8) is 0 Å². The van der Waals surface area contributed by atoms with E-state index in [1.54, 1.807) is 11.1 Å². The van der Waals surface area contributed by atoms with Crippen LogP contribution >= 0.6 is 15.9 Å². The van der Waals surface area contributed by atoms with E-state index in [4.69, 9.17) is 0 Å². The van der Waals surface area contributed by atoms with Crippen LogP contribution in [0.3, 0.4) is 0 Å². The summed E-state index contributed by atoms with van der Waals surface area (Å²) in [7, 11) is 0. The fourth-order valence-electron chi connectivity index (χ4n) is 2.99. The van der Waals surface area contributed by atoms with Crippen LogP contribution in [-0.4, -0.2) is 0 Å². The van der Waals surface area contributed by atoms with Gasteiger partial charge in [0.1, 0.15) is 0 Å². The Morgan fingerprint density at radius 3 is 2.45 bits per heavy atom. The summed E-state index contributed by atoms with van der Waals surface area (Å²) < 4.78 is 1.21. The number of hydrogen-bond acceptors (Lipinski definition) is 1. The summed E-state index contributed by atoms with van der Waals surface area (Å²) in [6.45, 7) is 5.17. The first-order valence-corrected chi connectivity index (χ1v) is 8.04. The van der Waals surface area contributed by atoms with Crippen LogP contribution in [0.1, 0.15) is 34.2 Å². The van der Waals surface area contributed by atoms with Crippen molar-refractivity contribution in [1.82, 2.24) is 0 Å². The first-order valence-electron chi connectivity index (χ1n) is 7.25. The molecule has 2 aromatic rings. The summed E-state index contributed by atoms with van der Waals surface area (Å²) in [4.78, 5) is 0. The molecule has 0 aliphatic heterocycles. The first-order chi connectivity index (χ1) is 9.63. The maximum atomic E-state index is 3.62. The molecule has 0 radical (unpaired) electrons. The number of fused-ring (bicyclic) bond motifs is 1. The highest BCUT2D eigenvalue weighted by atomic mass is 79.9. The molecule has 3 rings (SSSR count). The molecule has 0 aromatic heterocycles. The summed E-state index contributed by atoms with van der Waals surface area (Å²) >= 11 is 3.62. The number of nitrogens with one attached hydrogen (secondary N) is 1. The molecular weight excluding hydrogens is 310 g/mol. The average Bonchev–Trinajstić information content (AvgIpc) is 2.89. The van der Waals surface area contributed by atoms with Gasteiger partial charge in [0.05, 0.1) is 0 Å². The molecule has 0 amide bonds. The lowest BCUT2D eigenvalue weighted by Crippen LogP contribution is -2.01. The van der Waals surface area contributed by atoms with E-state index >= 15 is 0 Å². The van der Waals surface area contributed by atoms with Gasteiger partial charge in [0.2, 0.25) is 0 Å². The number of halogens is 1. The monoisotopic (exact) mass is 329 g/mol. The van der Waals surface area contributed by atoms with Gasteiger partial charge in [-0.3, -0.25) is 0 Å². The zero-order chi connectivity index (χ0) is 14.1. The summed E-state index contributed by atoms with van der Waals surface area (Å²) in [5.41, 5.74) is 8.23. The number of aryl methyl sites for hydroxylation is 4. The summed E-state index contributed by atoms with van der Waals surface area (Å²) in [6.07, 6.45) is 3.82. The average molecular weight is 330 g/mol. The summed E-state index contributed by atoms with van der Waals surface area (Å²) in [5, 5.41) is 3.54. The lowest BCUT2D eigenvalue weighted by molar-refractivity contribution is 0.911. The Hall–Kier alpha value is -1.28. The Bertz CT molecular complexity index is 623. The number of benzene rings is 2. The minimum atomic E-state index is 0.897. The fraction of sp³-hybridized carbons (Fsp3) is 0.333. The lowest BCUT2D eigenvalue weighted by Gasteiger charge is -2.11. The minimum absolute atomic E-state index is 0.897. The van der Waals surface area contributed by atoms with Gasteiger partial charge in [-0.05, 0) is 73.1 Å². The van der Waals surface area contributed by atoms with Gasteiger partial charge < -0.3 is 5.32 Å². The van der Waals surface area contributed by atoms with Crippen molar-refractivity contribution in [1.29, 1.82) is 0 Å². The molecule has 0 fully saturated rings. The van der Waals surface area contributed by atoms with Gasteiger partial charge >= 0.3 is 0 Å². The van der Waals surface area contributed by atoms with Gasteiger partial charge in [-0.25, -0.2) is 0 Å². The maximum absolute atomic E-state index is 3.62. The highest BCUT2D eigenvalue weighted by Crippen LogP contribution is 2.26. The number of hydrogen-bond donors (Lipinski definition) is 1. The Labute approximate surface area is 129 Å². The molecule has 2 aromatic carbocycles. The highest BCUT2D eigenvalue weighted by molar-refractivity contribution is 9.10. The van der Waals surface area contributed by atoms with E-state index in [9.17, 15) is 0 Å². The van der Waals surface area contributed by atoms with Crippen molar-refractivity contribution in [3.05, 3.63) is 62.6 Å². The third kappa shape index (κ3) is 2.76. The molecule has 1 aliphatic carbocycles. The normalized spacial score (nSPS) is 13.3. The SMILES string of the molecule is Cc1cc(NCc2ccc3c(c2)CCC3)cc(C)c1Br. The van der Waals surface area contributed by atoms with Gasteiger partial charge in [0.25, 0.3) is 0 Å². The second-order valence-corrected chi connectivity index (χ2v) is 6.53. The van der Waals surface area contributed by atoms with Crippen LogP contribution < -0.4 is 5.32 Å². The van der Waals surface area contributed by atoms with Gasteiger partial charge in [0, 0.05) is 16.7 Å². The van der Waals surface area contributed by atoms with Gasteiger partial charge in [-0.2, -0.15) is 0 Å². The van der Waals surface area contributed by atoms with Crippen LogP contribution in [0.25, 0.3) is 0 Å². The fourth-order valence-corrected chi connectivity index (χ4v) is 3.22. The highest BCUT2D eigenvalue weighted by Gasteiger charge is 2.10. The van der Waals surface area contributed by atoms with Crippen molar-refractivity contribution in [2.45, 2.75) is 39.7 Å². The van der Waals surface area contributed by atoms with Crippen molar-refractivity contribution in [2.24, 2.45) is 0 Å². The van der Waals surface area contributed by atoms with E-state index in [0.29, 0.717) is 0 Å². The van der Waals surface area contributed by atoms with Crippen molar-refractivity contribution in [3.8, 4) is 0 Å². The van der Waals surface area contributed by atoms with Crippen LogP contribution in [0.5, 0.6) is 0 Å². The predicted molar refractivity (Wildman–Crippen MR) is 89.4 cm³/mol. The van der Waals surface area contributed by atoms with Crippen molar-refractivity contribution >= 4 is 21.6 Å². The molecule has 2 heteroatoms. The van der Waals surface area contributed by atoms with Crippen LogP contribution in [0.15, 0.2) is 34.8 Å². The molecule has 0 saturated heterocycles. The topological polar surface area (TPSA) is 12.0 Å². The van der Waals surface area contributed by atoms with Gasteiger partial charge in [-0.1, -0.05) is 34.1 Å². The van der Waals surface area contributed by atoms with E-state index in [1.807, 2.05) is 0 Å². The molecule has 0 spiro atoms. The molecule has 0 heterocycles. The molecule has 1 aliphatic rings. The van der Waals surface area contributed by atoms with Crippen molar-refractivity contribution in [2.75, 3.05) is 5.32 Å². The largest absolute Gasteiger partial charge is 0.381 e. The zero-order valence-corrected chi connectivity index (χ0v) is 13.7. The van der Waals surface area contributed by atoms with E-state index in [-0.39, 0.29) is 0 Å². The first kappa shape index (κ1) is 13.7. The molecule has 1 nitrogen and oxygen atoms in total. The Morgan fingerprint density at radius 2 is 1.70 bits per heavy atom. The Morgan fingerprint density at radius 1 is 1.00 bits per heavy atom. The quantitative estimate of drug-likeness (QED) is 0.819. The predicted octanol–water partition coefficient (Wildman–Crippen LogP) is 5.17. The van der Waals surface area contributed by atoms with Gasteiger partial charge in [-0.15, -0.1) is 0 Å². The molecule has 104 valence electrons. The Kier molecular flexibility index (Phi) is 3.84. The van der Waals surface area contributed by atoms with E-state index in [0.717, 1.165) is 6.54 Å². The van der Waals surface area contributed by atoms with Crippen LogP contribution in [0.4, 0.5) is 5.69 Å². The molecule has 1 N–H and O–H groups in total. The van der Waals surface area contributed by atoms with Crippen LogP contribution in [0, 0.1) is 13.8 Å². The summed E-state index contributed by atoms with van der Waals surface area (Å²) in [5.74, 6) is 0. The molecule has 0 atom stereocenters. The summed E-state index contributed by atoms with van der Waals surface area (Å²) in [6, 6.07) is 11.3. The molecular formula is C18H20BrN. The van der Waals surface area contributed by atoms with Gasteiger partial charge in [0.15, 0.2) is 0 Å². The lowest BCUT2D eigenvalue weighted by atomic mass is 10.1. The van der Waals surface area contributed by atoms with Crippen LogP contribution in [-0.2, 0) is 19.4 Å². The number of anilines is 1. The third-order valence-electron chi connectivity index (χ3n) is 4.10. The number of rotatable bonds is 3. The standard InChI is InChI=1S/C18H20BrN/c1-12-8-17(9-13(2)18(12)19)20-11-14-6-7-15-4-3-5-16(15)10-14/h6-10,20H,3-5,11H2,1-2H3.